The Labute approximate surface area is 124 Å². The molecular formula is C16H21F2N3. The molecule has 1 aromatic heterocycles. The van der Waals surface area contributed by atoms with Crippen molar-refractivity contribution in [1.82, 2.24) is 14.9 Å². The van der Waals surface area contributed by atoms with Gasteiger partial charge in [-0.3, -0.25) is 0 Å². The Kier molecular flexibility index (Phi) is 5.44. The molecule has 0 fully saturated rings. The van der Waals surface area contributed by atoms with Crippen LogP contribution in [-0.4, -0.2) is 16.1 Å². The van der Waals surface area contributed by atoms with Gasteiger partial charge in [-0.05, 0) is 19.0 Å². The third kappa shape index (κ3) is 3.67. The lowest BCUT2D eigenvalue weighted by molar-refractivity contribution is 0.427. The number of aryl methyl sites for hydroxylation is 1. The van der Waals surface area contributed by atoms with Crippen LogP contribution in [0.4, 0.5) is 8.78 Å². The quantitative estimate of drug-likeness (QED) is 0.847. The molecule has 0 saturated heterocycles. The minimum Gasteiger partial charge on any atom is -0.333 e. The Hall–Kier alpha value is -1.75. The topological polar surface area (TPSA) is 29.9 Å². The lowest BCUT2D eigenvalue weighted by Crippen LogP contribution is -2.27. The molecule has 0 aliphatic heterocycles. The van der Waals surface area contributed by atoms with Gasteiger partial charge in [-0.25, -0.2) is 13.8 Å². The lowest BCUT2D eigenvalue weighted by atomic mass is 10.1. The number of hydrogen-bond donors (Lipinski definition) is 1. The first kappa shape index (κ1) is 15.6. The molecule has 1 atom stereocenters. The Balaban J connectivity index is 2.26. The van der Waals surface area contributed by atoms with Gasteiger partial charge in [0.15, 0.2) is 11.6 Å². The Bertz CT molecular complexity index is 581. The highest BCUT2D eigenvalue weighted by Gasteiger charge is 2.18. The van der Waals surface area contributed by atoms with Crippen LogP contribution >= 0.6 is 0 Å². The van der Waals surface area contributed by atoms with Crippen molar-refractivity contribution >= 4 is 0 Å². The molecule has 5 heteroatoms. The van der Waals surface area contributed by atoms with Gasteiger partial charge in [0, 0.05) is 30.9 Å². The molecule has 0 aliphatic carbocycles. The highest BCUT2D eigenvalue weighted by atomic mass is 19.2. The van der Waals surface area contributed by atoms with Crippen LogP contribution in [0, 0.1) is 11.6 Å². The summed E-state index contributed by atoms with van der Waals surface area (Å²) in [5.41, 5.74) is 0.355. The molecule has 0 saturated carbocycles. The fraction of sp³-hybridized carbons (Fsp3) is 0.438. The molecule has 114 valence electrons. The van der Waals surface area contributed by atoms with Crippen LogP contribution in [-0.2, 0) is 13.0 Å². The van der Waals surface area contributed by atoms with Crippen LogP contribution in [0.25, 0.3) is 0 Å². The lowest BCUT2D eigenvalue weighted by Gasteiger charge is -2.21. The molecule has 0 aliphatic rings. The molecule has 0 amide bonds. The molecule has 1 heterocycles. The standard InChI is InChI=1S/C16H21F2N3/c1-3-6-15-20-9-10-21(15)11-14(19-4-2)12-7-5-8-13(17)16(12)18/h5,7-10,14,19H,3-4,6,11H2,1-2H3. The van der Waals surface area contributed by atoms with Crippen LogP contribution < -0.4 is 5.32 Å². The van der Waals surface area contributed by atoms with Gasteiger partial charge in [0.2, 0.25) is 0 Å². The van der Waals surface area contributed by atoms with Crippen LogP contribution in [0.1, 0.15) is 37.7 Å². The van der Waals surface area contributed by atoms with E-state index in [0.717, 1.165) is 24.7 Å². The van der Waals surface area contributed by atoms with Gasteiger partial charge < -0.3 is 9.88 Å². The summed E-state index contributed by atoms with van der Waals surface area (Å²) in [5.74, 6) is -0.618. The first-order valence-electron chi connectivity index (χ1n) is 7.34. The van der Waals surface area contributed by atoms with Gasteiger partial charge in [-0.2, -0.15) is 0 Å². The van der Waals surface area contributed by atoms with E-state index in [-0.39, 0.29) is 6.04 Å². The summed E-state index contributed by atoms with van der Waals surface area (Å²) in [6, 6.07) is 4.03. The predicted molar refractivity (Wildman–Crippen MR) is 79.0 cm³/mol. The van der Waals surface area contributed by atoms with Crippen molar-refractivity contribution in [3.63, 3.8) is 0 Å². The van der Waals surface area contributed by atoms with E-state index in [1.807, 2.05) is 17.7 Å². The number of halogens is 2. The van der Waals surface area contributed by atoms with Crippen molar-refractivity contribution in [1.29, 1.82) is 0 Å². The second kappa shape index (κ2) is 7.31. The maximum atomic E-state index is 14.0. The second-order valence-corrected chi connectivity index (χ2v) is 5.00. The molecule has 0 bridgehead atoms. The predicted octanol–water partition coefficient (Wildman–Crippen LogP) is 3.46. The number of nitrogens with zero attached hydrogens (tertiary/aromatic N) is 2. The van der Waals surface area contributed by atoms with Crippen LogP contribution in [0.5, 0.6) is 0 Å². The molecule has 2 rings (SSSR count). The Morgan fingerprint density at radius 1 is 1.29 bits per heavy atom. The van der Waals surface area contributed by atoms with E-state index in [1.54, 1.807) is 18.3 Å². The molecule has 0 radical (unpaired) electrons. The number of rotatable bonds is 7. The monoisotopic (exact) mass is 293 g/mol. The van der Waals surface area contributed by atoms with Gasteiger partial charge in [-0.1, -0.05) is 26.0 Å². The van der Waals surface area contributed by atoms with Gasteiger partial charge in [0.1, 0.15) is 5.82 Å². The fourth-order valence-electron chi connectivity index (χ4n) is 2.46. The first-order valence-corrected chi connectivity index (χ1v) is 7.34. The summed E-state index contributed by atoms with van der Waals surface area (Å²) < 4.78 is 29.5. The molecule has 3 nitrogen and oxygen atoms in total. The van der Waals surface area contributed by atoms with Crippen molar-refractivity contribution in [2.75, 3.05) is 6.54 Å². The Morgan fingerprint density at radius 2 is 2.10 bits per heavy atom. The van der Waals surface area contributed by atoms with Crippen molar-refractivity contribution < 1.29 is 8.78 Å². The van der Waals surface area contributed by atoms with Gasteiger partial charge in [-0.15, -0.1) is 0 Å². The maximum Gasteiger partial charge on any atom is 0.163 e. The maximum absolute atomic E-state index is 14.0. The summed E-state index contributed by atoms with van der Waals surface area (Å²) in [6.45, 7) is 5.25. The molecule has 1 unspecified atom stereocenters. The number of likely N-dealkylation sites (N-methyl/N-ethyl adjacent to an activating group) is 1. The number of benzene rings is 1. The van der Waals surface area contributed by atoms with E-state index in [9.17, 15) is 8.78 Å². The fourth-order valence-corrected chi connectivity index (χ4v) is 2.46. The van der Waals surface area contributed by atoms with E-state index >= 15 is 0 Å². The van der Waals surface area contributed by atoms with Crippen molar-refractivity contribution in [2.45, 2.75) is 39.3 Å². The van der Waals surface area contributed by atoms with Crippen LogP contribution in [0.15, 0.2) is 30.6 Å². The minimum atomic E-state index is -0.810. The van der Waals surface area contributed by atoms with Crippen LogP contribution in [0.2, 0.25) is 0 Å². The van der Waals surface area contributed by atoms with Crippen molar-refractivity contribution in [2.24, 2.45) is 0 Å². The molecule has 21 heavy (non-hydrogen) atoms. The summed E-state index contributed by atoms with van der Waals surface area (Å²) in [7, 11) is 0. The molecule has 2 aromatic rings. The summed E-state index contributed by atoms with van der Waals surface area (Å²) >= 11 is 0. The highest BCUT2D eigenvalue weighted by molar-refractivity contribution is 5.22. The zero-order valence-corrected chi connectivity index (χ0v) is 12.4. The summed E-state index contributed by atoms with van der Waals surface area (Å²) in [6.07, 6.45) is 5.50. The van der Waals surface area contributed by atoms with Gasteiger partial charge >= 0.3 is 0 Å². The smallest absolute Gasteiger partial charge is 0.163 e. The zero-order chi connectivity index (χ0) is 15.2. The largest absolute Gasteiger partial charge is 0.333 e. The van der Waals surface area contributed by atoms with E-state index in [0.29, 0.717) is 18.7 Å². The minimum absolute atomic E-state index is 0.282. The summed E-state index contributed by atoms with van der Waals surface area (Å²) in [5, 5.41) is 3.22. The first-order chi connectivity index (χ1) is 10.2. The molecular weight excluding hydrogens is 272 g/mol. The van der Waals surface area contributed by atoms with Crippen LogP contribution in [0.3, 0.4) is 0 Å². The number of nitrogens with one attached hydrogen (secondary N) is 1. The van der Waals surface area contributed by atoms with Crippen molar-refractivity contribution in [3.8, 4) is 0 Å². The normalized spacial score (nSPS) is 12.6. The molecule has 1 N–H and O–H groups in total. The average Bonchev–Trinajstić information content (AvgIpc) is 2.89. The summed E-state index contributed by atoms with van der Waals surface area (Å²) in [4.78, 5) is 4.32. The second-order valence-electron chi connectivity index (χ2n) is 5.00. The van der Waals surface area contributed by atoms with Crippen molar-refractivity contribution in [3.05, 3.63) is 53.6 Å². The number of aromatic nitrogens is 2. The van der Waals surface area contributed by atoms with Gasteiger partial charge in [0.25, 0.3) is 0 Å². The SMILES string of the molecule is CCCc1nccn1CC(NCC)c1cccc(F)c1F. The highest BCUT2D eigenvalue weighted by Crippen LogP contribution is 2.21. The third-order valence-corrected chi connectivity index (χ3v) is 3.46. The van der Waals surface area contributed by atoms with Gasteiger partial charge in [0.05, 0.1) is 6.04 Å². The number of hydrogen-bond acceptors (Lipinski definition) is 2. The molecule has 1 aromatic carbocycles. The Morgan fingerprint density at radius 3 is 2.81 bits per heavy atom. The van der Waals surface area contributed by atoms with E-state index in [1.165, 1.54) is 0 Å². The van der Waals surface area contributed by atoms with E-state index in [4.69, 9.17) is 0 Å². The number of imidazole rings is 1. The molecule has 0 spiro atoms. The van der Waals surface area contributed by atoms with E-state index in [2.05, 4.69) is 17.2 Å². The average molecular weight is 293 g/mol. The third-order valence-electron chi connectivity index (χ3n) is 3.46. The zero-order valence-electron chi connectivity index (χ0n) is 12.4. The van der Waals surface area contributed by atoms with E-state index < -0.39 is 11.6 Å².